The van der Waals surface area contributed by atoms with Gasteiger partial charge in [-0.25, -0.2) is 5.84 Å². The van der Waals surface area contributed by atoms with E-state index in [-0.39, 0.29) is 18.6 Å². The maximum atomic E-state index is 10.7. The first kappa shape index (κ1) is 13.4. The Bertz CT molecular complexity index is 151. The molecule has 14 heavy (non-hydrogen) atoms. The van der Waals surface area contributed by atoms with Crippen LogP contribution in [0, 0.1) is 0 Å². The highest BCUT2D eigenvalue weighted by Gasteiger charge is 2.04. The number of nitrogens with two attached hydrogens (primary N) is 1. The molecule has 0 aliphatic heterocycles. The molecule has 0 saturated carbocycles. The van der Waals surface area contributed by atoms with Crippen molar-refractivity contribution in [1.82, 2.24) is 5.43 Å². The van der Waals surface area contributed by atoms with Crippen LogP contribution in [0.2, 0.25) is 0 Å². The molecule has 0 bridgehead atoms. The molecule has 3 N–H and O–H groups in total. The van der Waals surface area contributed by atoms with Gasteiger partial charge in [-0.1, -0.05) is 32.6 Å². The second-order valence-electron chi connectivity index (χ2n) is 3.54. The zero-order valence-electron chi connectivity index (χ0n) is 9.21. The van der Waals surface area contributed by atoms with E-state index in [2.05, 4.69) is 6.92 Å². The van der Waals surface area contributed by atoms with Gasteiger partial charge in [0.1, 0.15) is 6.61 Å². The molecule has 1 atom stereocenters. The van der Waals surface area contributed by atoms with Crippen LogP contribution >= 0.6 is 0 Å². The van der Waals surface area contributed by atoms with E-state index in [0.29, 0.717) is 0 Å². The van der Waals surface area contributed by atoms with E-state index >= 15 is 0 Å². The molecule has 0 radical (unpaired) electrons. The minimum absolute atomic E-state index is 0.0610. The van der Waals surface area contributed by atoms with Gasteiger partial charge < -0.3 is 4.74 Å². The Morgan fingerprint density at radius 3 is 2.71 bits per heavy atom. The monoisotopic (exact) mass is 202 g/mol. The zero-order chi connectivity index (χ0) is 10.8. The molecule has 4 heteroatoms. The fourth-order valence-electron chi connectivity index (χ4n) is 1.20. The number of unbranched alkanes of at least 4 members (excludes halogenated alkanes) is 3. The van der Waals surface area contributed by atoms with E-state index in [0.717, 1.165) is 6.42 Å². The van der Waals surface area contributed by atoms with Gasteiger partial charge in [0.15, 0.2) is 0 Å². The molecule has 0 fully saturated rings. The van der Waals surface area contributed by atoms with Crippen molar-refractivity contribution >= 4 is 5.91 Å². The highest BCUT2D eigenvalue weighted by atomic mass is 16.5. The lowest BCUT2D eigenvalue weighted by atomic mass is 10.1. The Morgan fingerprint density at radius 2 is 2.14 bits per heavy atom. The maximum Gasteiger partial charge on any atom is 0.259 e. The van der Waals surface area contributed by atoms with Crippen LogP contribution in [0.25, 0.3) is 0 Å². The Hall–Kier alpha value is -0.610. The molecule has 0 heterocycles. The summed E-state index contributed by atoms with van der Waals surface area (Å²) in [4.78, 5) is 10.7. The van der Waals surface area contributed by atoms with Crippen molar-refractivity contribution in [2.75, 3.05) is 6.61 Å². The van der Waals surface area contributed by atoms with Crippen molar-refractivity contribution in [2.24, 2.45) is 5.84 Å². The minimum Gasteiger partial charge on any atom is -0.369 e. The van der Waals surface area contributed by atoms with Crippen LogP contribution in [0.3, 0.4) is 0 Å². The van der Waals surface area contributed by atoms with Crippen LogP contribution in [0.5, 0.6) is 0 Å². The molecule has 1 unspecified atom stereocenters. The molecule has 0 aromatic rings. The van der Waals surface area contributed by atoms with Crippen molar-refractivity contribution < 1.29 is 9.53 Å². The third kappa shape index (κ3) is 8.01. The molecule has 0 aromatic carbocycles. The summed E-state index contributed by atoms with van der Waals surface area (Å²) in [7, 11) is 0. The summed E-state index contributed by atoms with van der Waals surface area (Å²) in [6.45, 7) is 4.23. The number of carbonyl (C=O) groups excluding carboxylic acids is 1. The van der Waals surface area contributed by atoms with Gasteiger partial charge in [-0.15, -0.1) is 0 Å². The van der Waals surface area contributed by atoms with Gasteiger partial charge >= 0.3 is 0 Å². The summed E-state index contributed by atoms with van der Waals surface area (Å²) in [5.41, 5.74) is 2.03. The first-order chi connectivity index (χ1) is 6.70. The standard InChI is InChI=1S/C10H22N2O2/c1-3-4-5-6-7-9(2)14-8-10(13)12-11/h9H,3-8,11H2,1-2H3,(H,12,13). The summed E-state index contributed by atoms with van der Waals surface area (Å²) >= 11 is 0. The number of rotatable bonds is 8. The number of hydrogen-bond acceptors (Lipinski definition) is 3. The van der Waals surface area contributed by atoms with E-state index in [1.54, 1.807) is 0 Å². The minimum atomic E-state index is -0.273. The normalized spacial score (nSPS) is 12.5. The van der Waals surface area contributed by atoms with E-state index in [1.807, 2.05) is 12.3 Å². The second-order valence-corrected chi connectivity index (χ2v) is 3.54. The average molecular weight is 202 g/mol. The quantitative estimate of drug-likeness (QED) is 0.270. The molecule has 0 spiro atoms. The average Bonchev–Trinajstić information content (AvgIpc) is 2.21. The van der Waals surface area contributed by atoms with Crippen molar-refractivity contribution in [2.45, 2.75) is 52.1 Å². The third-order valence-corrected chi connectivity index (χ3v) is 2.12. The van der Waals surface area contributed by atoms with Crippen LogP contribution in [0.1, 0.15) is 46.0 Å². The molecular formula is C10H22N2O2. The highest BCUT2D eigenvalue weighted by Crippen LogP contribution is 2.07. The maximum absolute atomic E-state index is 10.7. The predicted molar refractivity (Wildman–Crippen MR) is 56.5 cm³/mol. The number of nitrogens with one attached hydrogen (secondary N) is 1. The summed E-state index contributed by atoms with van der Waals surface area (Å²) in [6.07, 6.45) is 6.08. The van der Waals surface area contributed by atoms with Crippen LogP contribution in [0.4, 0.5) is 0 Å². The van der Waals surface area contributed by atoms with Crippen LogP contribution in [-0.2, 0) is 9.53 Å². The van der Waals surface area contributed by atoms with Crippen molar-refractivity contribution in [3.8, 4) is 0 Å². The lowest BCUT2D eigenvalue weighted by Crippen LogP contribution is -2.34. The van der Waals surface area contributed by atoms with E-state index in [4.69, 9.17) is 10.6 Å². The highest BCUT2D eigenvalue weighted by molar-refractivity contribution is 5.76. The van der Waals surface area contributed by atoms with Crippen molar-refractivity contribution in [3.05, 3.63) is 0 Å². The lowest BCUT2D eigenvalue weighted by Gasteiger charge is -2.11. The molecule has 1 amide bonds. The number of hydrogen-bond donors (Lipinski definition) is 2. The number of carbonyl (C=O) groups is 1. The van der Waals surface area contributed by atoms with Gasteiger partial charge in [0.25, 0.3) is 5.91 Å². The molecular weight excluding hydrogens is 180 g/mol. The van der Waals surface area contributed by atoms with Gasteiger partial charge in [0, 0.05) is 0 Å². The topological polar surface area (TPSA) is 64.3 Å². The van der Waals surface area contributed by atoms with Crippen LogP contribution in [0.15, 0.2) is 0 Å². The van der Waals surface area contributed by atoms with Crippen LogP contribution in [-0.4, -0.2) is 18.6 Å². The van der Waals surface area contributed by atoms with Gasteiger partial charge in [-0.05, 0) is 13.3 Å². The molecule has 84 valence electrons. The van der Waals surface area contributed by atoms with Crippen LogP contribution < -0.4 is 11.3 Å². The third-order valence-electron chi connectivity index (χ3n) is 2.12. The lowest BCUT2D eigenvalue weighted by molar-refractivity contribution is -0.127. The van der Waals surface area contributed by atoms with Gasteiger partial charge in [-0.3, -0.25) is 10.2 Å². The summed E-state index contributed by atoms with van der Waals surface area (Å²) in [5, 5.41) is 0. The van der Waals surface area contributed by atoms with Crippen molar-refractivity contribution in [3.63, 3.8) is 0 Å². The smallest absolute Gasteiger partial charge is 0.259 e. The number of hydrazine groups is 1. The summed E-state index contributed by atoms with van der Waals surface area (Å²) < 4.78 is 5.28. The van der Waals surface area contributed by atoms with Gasteiger partial charge in [0.2, 0.25) is 0 Å². The SMILES string of the molecule is CCCCCCC(C)OCC(=O)NN. The van der Waals surface area contributed by atoms with E-state index in [9.17, 15) is 4.79 Å². The first-order valence-electron chi connectivity index (χ1n) is 5.31. The Balaban J connectivity index is 3.27. The number of ether oxygens (including phenoxy) is 1. The molecule has 4 nitrogen and oxygen atoms in total. The Kier molecular flexibility index (Phi) is 8.57. The molecule has 0 aliphatic rings. The molecule has 0 aromatic heterocycles. The molecule has 0 aliphatic carbocycles. The number of amides is 1. The zero-order valence-corrected chi connectivity index (χ0v) is 9.21. The summed E-state index contributed by atoms with van der Waals surface area (Å²) in [5.74, 6) is 4.65. The Morgan fingerprint density at radius 1 is 1.43 bits per heavy atom. The predicted octanol–water partition coefficient (Wildman–Crippen LogP) is 1.35. The molecule has 0 saturated heterocycles. The first-order valence-corrected chi connectivity index (χ1v) is 5.31. The van der Waals surface area contributed by atoms with E-state index < -0.39 is 0 Å². The largest absolute Gasteiger partial charge is 0.369 e. The van der Waals surface area contributed by atoms with Crippen molar-refractivity contribution in [1.29, 1.82) is 0 Å². The Labute approximate surface area is 86.2 Å². The summed E-state index contributed by atoms with van der Waals surface area (Å²) in [6, 6.07) is 0. The fourth-order valence-corrected chi connectivity index (χ4v) is 1.20. The molecule has 0 rings (SSSR count). The van der Waals surface area contributed by atoms with E-state index in [1.165, 1.54) is 25.7 Å². The van der Waals surface area contributed by atoms with Gasteiger partial charge in [0.05, 0.1) is 6.10 Å². The second kappa shape index (κ2) is 8.97. The fraction of sp³-hybridized carbons (Fsp3) is 0.900. The van der Waals surface area contributed by atoms with Gasteiger partial charge in [-0.2, -0.15) is 0 Å².